The van der Waals surface area contributed by atoms with Crippen LogP contribution in [0.25, 0.3) is 0 Å². The molecular weight excluding hydrogens is 316 g/mol. The predicted octanol–water partition coefficient (Wildman–Crippen LogP) is 3.54. The lowest BCUT2D eigenvalue weighted by molar-refractivity contribution is 0.0754. The van der Waals surface area contributed by atoms with Gasteiger partial charge in [-0.3, -0.25) is 4.79 Å². The number of carbonyl (C=O) groups excluding carboxylic acids is 1. The largest absolute Gasteiger partial charge is 0.398 e. The molecule has 1 aromatic rings. The highest BCUT2D eigenvalue weighted by molar-refractivity contribution is 9.10. The average Bonchev–Trinajstić information content (AvgIpc) is 3.03. The van der Waals surface area contributed by atoms with E-state index in [-0.39, 0.29) is 5.91 Å². The Morgan fingerprint density at radius 1 is 1.40 bits per heavy atom. The Hall–Kier alpha value is -1.03. The molecule has 2 N–H and O–H groups in total. The molecule has 1 amide bonds. The second kappa shape index (κ2) is 5.40. The fraction of sp³-hybridized carbons (Fsp3) is 0.562. The van der Waals surface area contributed by atoms with E-state index in [0.717, 1.165) is 22.9 Å². The van der Waals surface area contributed by atoms with Crippen molar-refractivity contribution in [2.75, 3.05) is 19.3 Å². The zero-order valence-electron chi connectivity index (χ0n) is 11.8. The van der Waals surface area contributed by atoms with E-state index in [9.17, 15) is 4.79 Å². The van der Waals surface area contributed by atoms with Gasteiger partial charge in [0.25, 0.3) is 5.91 Å². The Labute approximate surface area is 128 Å². The van der Waals surface area contributed by atoms with Crippen molar-refractivity contribution in [3.05, 3.63) is 28.2 Å². The molecule has 2 saturated carbocycles. The lowest BCUT2D eigenvalue weighted by atomic mass is 9.88. The quantitative estimate of drug-likeness (QED) is 0.858. The number of halogens is 1. The number of anilines is 1. The molecule has 0 aliphatic heterocycles. The van der Waals surface area contributed by atoms with E-state index >= 15 is 0 Å². The number of nitrogen functional groups attached to an aromatic ring is 1. The summed E-state index contributed by atoms with van der Waals surface area (Å²) < 4.78 is 0.838. The normalized spacial score (nSPS) is 27.8. The summed E-state index contributed by atoms with van der Waals surface area (Å²) in [6, 6.07) is 5.43. The number of nitrogens with two attached hydrogens (primary N) is 1. The average molecular weight is 337 g/mol. The van der Waals surface area contributed by atoms with E-state index < -0.39 is 0 Å². The highest BCUT2D eigenvalue weighted by Gasteiger charge is 2.40. The standard InChI is InChI=1S/C16H21BrN2O/c1-19(9-13-7-10-2-3-11(13)6-10)16(20)12-4-5-14(17)15(18)8-12/h4-5,8,10-11,13H,2-3,6-7,9,18H2,1H3. The van der Waals surface area contributed by atoms with Gasteiger partial charge in [-0.2, -0.15) is 0 Å². The number of carbonyl (C=O) groups is 1. The first-order chi connectivity index (χ1) is 9.54. The summed E-state index contributed by atoms with van der Waals surface area (Å²) in [4.78, 5) is 14.3. The summed E-state index contributed by atoms with van der Waals surface area (Å²) >= 11 is 3.36. The van der Waals surface area contributed by atoms with Crippen LogP contribution in [-0.2, 0) is 0 Å². The van der Waals surface area contributed by atoms with Crippen molar-refractivity contribution in [2.45, 2.75) is 25.7 Å². The second-order valence-corrected chi connectivity index (χ2v) is 7.21. The third-order valence-electron chi connectivity index (χ3n) is 4.98. The molecule has 2 fully saturated rings. The van der Waals surface area contributed by atoms with Crippen LogP contribution in [-0.4, -0.2) is 24.4 Å². The summed E-state index contributed by atoms with van der Waals surface area (Å²) in [6.07, 6.45) is 5.47. The molecule has 108 valence electrons. The molecule has 20 heavy (non-hydrogen) atoms. The van der Waals surface area contributed by atoms with Crippen molar-refractivity contribution in [1.29, 1.82) is 0 Å². The van der Waals surface area contributed by atoms with Crippen LogP contribution in [0.1, 0.15) is 36.0 Å². The Morgan fingerprint density at radius 2 is 2.20 bits per heavy atom. The fourth-order valence-electron chi connectivity index (χ4n) is 3.93. The van der Waals surface area contributed by atoms with E-state index in [0.29, 0.717) is 17.2 Å². The molecule has 1 aromatic carbocycles. The summed E-state index contributed by atoms with van der Waals surface area (Å²) in [6.45, 7) is 0.885. The molecule has 0 heterocycles. The third kappa shape index (κ3) is 2.58. The van der Waals surface area contributed by atoms with Gasteiger partial charge in [-0.05, 0) is 71.1 Å². The van der Waals surface area contributed by atoms with Crippen LogP contribution in [0.3, 0.4) is 0 Å². The third-order valence-corrected chi connectivity index (χ3v) is 5.70. The first-order valence-electron chi connectivity index (χ1n) is 7.35. The van der Waals surface area contributed by atoms with Gasteiger partial charge in [0, 0.05) is 29.3 Å². The van der Waals surface area contributed by atoms with Gasteiger partial charge in [-0.25, -0.2) is 0 Å². The molecule has 0 aromatic heterocycles. The van der Waals surface area contributed by atoms with Gasteiger partial charge in [0.2, 0.25) is 0 Å². The lowest BCUT2D eigenvalue weighted by Gasteiger charge is -2.27. The zero-order chi connectivity index (χ0) is 14.3. The van der Waals surface area contributed by atoms with Crippen LogP contribution < -0.4 is 5.73 Å². The minimum Gasteiger partial charge on any atom is -0.398 e. The van der Waals surface area contributed by atoms with Crippen molar-refractivity contribution in [3.63, 3.8) is 0 Å². The highest BCUT2D eigenvalue weighted by atomic mass is 79.9. The van der Waals surface area contributed by atoms with E-state index in [4.69, 9.17) is 5.73 Å². The molecule has 3 rings (SSSR count). The van der Waals surface area contributed by atoms with Gasteiger partial charge in [0.15, 0.2) is 0 Å². The van der Waals surface area contributed by atoms with Gasteiger partial charge in [-0.15, -0.1) is 0 Å². The summed E-state index contributed by atoms with van der Waals surface area (Å²) in [5.41, 5.74) is 7.15. The maximum Gasteiger partial charge on any atom is 0.253 e. The van der Waals surface area contributed by atoms with Crippen LogP contribution in [0.15, 0.2) is 22.7 Å². The van der Waals surface area contributed by atoms with Crippen LogP contribution in [0, 0.1) is 17.8 Å². The van der Waals surface area contributed by atoms with Crippen LogP contribution >= 0.6 is 15.9 Å². The van der Waals surface area contributed by atoms with Crippen molar-refractivity contribution in [3.8, 4) is 0 Å². The number of fused-ring (bicyclic) bond motifs is 2. The van der Waals surface area contributed by atoms with Gasteiger partial charge >= 0.3 is 0 Å². The van der Waals surface area contributed by atoms with Gasteiger partial charge < -0.3 is 10.6 Å². The number of rotatable bonds is 3. The SMILES string of the molecule is CN(CC1CC2CCC1C2)C(=O)c1ccc(Br)c(N)c1. The molecule has 4 heteroatoms. The van der Waals surface area contributed by atoms with Gasteiger partial charge in [0.05, 0.1) is 0 Å². The smallest absolute Gasteiger partial charge is 0.253 e. The molecule has 0 spiro atoms. The second-order valence-electron chi connectivity index (χ2n) is 6.36. The summed E-state index contributed by atoms with van der Waals surface area (Å²) in [5.74, 6) is 2.56. The Morgan fingerprint density at radius 3 is 2.80 bits per heavy atom. The van der Waals surface area contributed by atoms with Crippen molar-refractivity contribution in [1.82, 2.24) is 4.90 Å². The van der Waals surface area contributed by atoms with Crippen LogP contribution in [0.5, 0.6) is 0 Å². The predicted molar refractivity (Wildman–Crippen MR) is 84.5 cm³/mol. The Balaban J connectivity index is 1.65. The molecule has 2 aliphatic rings. The molecule has 3 nitrogen and oxygen atoms in total. The van der Waals surface area contributed by atoms with E-state index in [1.165, 1.54) is 25.7 Å². The molecular formula is C16H21BrN2O. The van der Waals surface area contributed by atoms with E-state index in [1.54, 1.807) is 6.07 Å². The Bertz CT molecular complexity index is 531. The maximum absolute atomic E-state index is 12.5. The van der Waals surface area contributed by atoms with Gasteiger partial charge in [0.1, 0.15) is 0 Å². The number of amides is 1. The molecule has 0 saturated heterocycles. The van der Waals surface area contributed by atoms with Crippen molar-refractivity contribution in [2.24, 2.45) is 17.8 Å². The maximum atomic E-state index is 12.5. The Kier molecular flexibility index (Phi) is 3.76. The first kappa shape index (κ1) is 13.9. The lowest BCUT2D eigenvalue weighted by Crippen LogP contribution is -2.33. The van der Waals surface area contributed by atoms with Gasteiger partial charge in [-0.1, -0.05) is 6.42 Å². The molecule has 2 bridgehead atoms. The fourth-order valence-corrected chi connectivity index (χ4v) is 4.18. The van der Waals surface area contributed by atoms with E-state index in [2.05, 4.69) is 15.9 Å². The highest BCUT2D eigenvalue weighted by Crippen LogP contribution is 2.48. The first-order valence-corrected chi connectivity index (χ1v) is 8.14. The molecule has 3 unspecified atom stereocenters. The van der Waals surface area contributed by atoms with Crippen LogP contribution in [0.4, 0.5) is 5.69 Å². The number of benzene rings is 1. The molecule has 2 aliphatic carbocycles. The monoisotopic (exact) mass is 336 g/mol. The summed E-state index contributed by atoms with van der Waals surface area (Å²) in [5, 5.41) is 0. The number of hydrogen-bond acceptors (Lipinski definition) is 2. The van der Waals surface area contributed by atoms with Crippen LogP contribution in [0.2, 0.25) is 0 Å². The van der Waals surface area contributed by atoms with E-state index in [1.807, 2.05) is 24.1 Å². The molecule has 3 atom stereocenters. The topological polar surface area (TPSA) is 46.3 Å². The number of nitrogens with zero attached hydrogens (tertiary/aromatic N) is 1. The minimum absolute atomic E-state index is 0.0759. The van der Waals surface area contributed by atoms with Crippen molar-refractivity contribution >= 4 is 27.5 Å². The minimum atomic E-state index is 0.0759. The molecule has 0 radical (unpaired) electrons. The number of hydrogen-bond donors (Lipinski definition) is 1. The zero-order valence-corrected chi connectivity index (χ0v) is 13.4. The summed E-state index contributed by atoms with van der Waals surface area (Å²) in [7, 11) is 1.91. The van der Waals surface area contributed by atoms with Crippen molar-refractivity contribution < 1.29 is 4.79 Å².